The van der Waals surface area contributed by atoms with Crippen LogP contribution in [0.25, 0.3) is 5.57 Å². The van der Waals surface area contributed by atoms with Crippen LogP contribution in [0, 0.1) is 6.07 Å². The number of benzene rings is 2. The second-order valence-electron chi connectivity index (χ2n) is 4.90. The molecular weight excluding hydrogens is 268 g/mol. The summed E-state index contributed by atoms with van der Waals surface area (Å²) in [4.78, 5) is 4.23. The number of anilines is 1. The van der Waals surface area contributed by atoms with E-state index in [2.05, 4.69) is 52.8 Å². The lowest BCUT2D eigenvalue weighted by Crippen LogP contribution is -2.00. The zero-order valence-electron chi connectivity index (χ0n) is 12.2. The number of hydrogen-bond donors (Lipinski definition) is 1. The molecule has 0 atom stereocenters. The predicted octanol–water partition coefficient (Wildman–Crippen LogP) is 4.43. The number of rotatable bonds is 5. The summed E-state index contributed by atoms with van der Waals surface area (Å²) in [5.41, 5.74) is 4.59. The summed E-state index contributed by atoms with van der Waals surface area (Å²) in [6, 6.07) is 25.3. The molecule has 0 aliphatic carbocycles. The zero-order valence-corrected chi connectivity index (χ0v) is 12.2. The first-order chi connectivity index (χ1) is 10.9. The van der Waals surface area contributed by atoms with Gasteiger partial charge in [0.2, 0.25) is 0 Å². The highest BCUT2D eigenvalue weighted by atomic mass is 14.8. The molecular formula is C20H17N2. The van der Waals surface area contributed by atoms with Crippen molar-refractivity contribution in [2.24, 2.45) is 0 Å². The van der Waals surface area contributed by atoms with Gasteiger partial charge in [-0.05, 0) is 35.4 Å². The summed E-state index contributed by atoms with van der Waals surface area (Å²) in [7, 11) is 0. The van der Waals surface area contributed by atoms with Gasteiger partial charge in [-0.15, -0.1) is 0 Å². The van der Waals surface area contributed by atoms with Crippen LogP contribution in [-0.2, 0) is 0 Å². The highest BCUT2D eigenvalue weighted by molar-refractivity contribution is 5.79. The molecule has 0 spiro atoms. The SMILES string of the molecule is [c]1ccc(NCC=C(c2ccccc2)c2cccnc2)cc1. The first-order valence-corrected chi connectivity index (χ1v) is 7.29. The maximum Gasteiger partial charge on any atom is 0.0346 e. The van der Waals surface area contributed by atoms with Crippen LogP contribution in [0.1, 0.15) is 11.1 Å². The minimum Gasteiger partial charge on any atom is -0.382 e. The van der Waals surface area contributed by atoms with Gasteiger partial charge in [0.25, 0.3) is 0 Å². The second-order valence-corrected chi connectivity index (χ2v) is 4.90. The average molecular weight is 285 g/mol. The molecule has 1 heterocycles. The van der Waals surface area contributed by atoms with Crippen molar-refractivity contribution in [3.05, 3.63) is 102 Å². The molecule has 0 aliphatic rings. The van der Waals surface area contributed by atoms with Crippen LogP contribution < -0.4 is 5.32 Å². The van der Waals surface area contributed by atoms with E-state index < -0.39 is 0 Å². The Hall–Kier alpha value is -2.87. The minimum atomic E-state index is 0.753. The van der Waals surface area contributed by atoms with Gasteiger partial charge in [-0.25, -0.2) is 0 Å². The van der Waals surface area contributed by atoms with Crippen LogP contribution in [0.5, 0.6) is 0 Å². The third-order valence-corrected chi connectivity index (χ3v) is 3.39. The molecule has 0 bridgehead atoms. The Morgan fingerprint density at radius 2 is 1.73 bits per heavy atom. The van der Waals surface area contributed by atoms with Crippen LogP contribution in [0.3, 0.4) is 0 Å². The molecule has 0 saturated heterocycles. The molecule has 0 fully saturated rings. The topological polar surface area (TPSA) is 24.9 Å². The van der Waals surface area contributed by atoms with E-state index in [4.69, 9.17) is 0 Å². The van der Waals surface area contributed by atoms with E-state index in [1.165, 1.54) is 11.1 Å². The van der Waals surface area contributed by atoms with E-state index in [9.17, 15) is 0 Å². The summed E-state index contributed by atoms with van der Waals surface area (Å²) in [6.07, 6.45) is 5.89. The molecule has 0 amide bonds. The largest absolute Gasteiger partial charge is 0.382 e. The van der Waals surface area contributed by atoms with Crippen molar-refractivity contribution in [1.29, 1.82) is 0 Å². The van der Waals surface area contributed by atoms with Gasteiger partial charge in [-0.3, -0.25) is 4.98 Å². The van der Waals surface area contributed by atoms with Crippen molar-refractivity contribution < 1.29 is 0 Å². The molecule has 1 N–H and O–H groups in total. The lowest BCUT2D eigenvalue weighted by atomic mass is 9.99. The normalized spacial score (nSPS) is 11.2. The number of nitrogens with zero attached hydrogens (tertiary/aromatic N) is 1. The summed E-state index contributed by atoms with van der Waals surface area (Å²) >= 11 is 0. The second kappa shape index (κ2) is 7.23. The predicted molar refractivity (Wildman–Crippen MR) is 91.5 cm³/mol. The number of aromatic nitrogens is 1. The van der Waals surface area contributed by atoms with Gasteiger partial charge < -0.3 is 5.32 Å². The molecule has 107 valence electrons. The van der Waals surface area contributed by atoms with Crippen LogP contribution in [0.2, 0.25) is 0 Å². The summed E-state index contributed by atoms with van der Waals surface area (Å²) in [6.45, 7) is 0.753. The van der Waals surface area contributed by atoms with Gasteiger partial charge in [-0.2, -0.15) is 0 Å². The van der Waals surface area contributed by atoms with Crippen molar-refractivity contribution in [2.75, 3.05) is 11.9 Å². The molecule has 2 aromatic carbocycles. The van der Waals surface area contributed by atoms with Gasteiger partial charge in [-0.1, -0.05) is 54.6 Å². The Morgan fingerprint density at radius 1 is 0.955 bits per heavy atom. The van der Waals surface area contributed by atoms with Crippen molar-refractivity contribution >= 4 is 11.3 Å². The first kappa shape index (κ1) is 14.1. The van der Waals surface area contributed by atoms with E-state index in [1.807, 2.05) is 42.6 Å². The summed E-state index contributed by atoms with van der Waals surface area (Å²) < 4.78 is 0. The molecule has 3 rings (SSSR count). The highest BCUT2D eigenvalue weighted by Gasteiger charge is 2.04. The number of hydrogen-bond acceptors (Lipinski definition) is 2. The van der Waals surface area contributed by atoms with Crippen LogP contribution in [-0.4, -0.2) is 11.5 Å². The highest BCUT2D eigenvalue weighted by Crippen LogP contribution is 2.22. The fourth-order valence-electron chi connectivity index (χ4n) is 2.32. The van der Waals surface area contributed by atoms with Crippen molar-refractivity contribution in [3.63, 3.8) is 0 Å². The smallest absolute Gasteiger partial charge is 0.0346 e. The standard InChI is InChI=1S/C20H17N2/c1-3-8-17(9-4-1)20(18-10-7-14-21-16-18)13-15-22-19-11-5-2-6-12-19/h1,3-14,16,22H,15H2. The molecule has 1 aromatic heterocycles. The molecule has 0 aliphatic heterocycles. The Morgan fingerprint density at radius 3 is 2.45 bits per heavy atom. The molecule has 3 aromatic rings. The molecule has 1 radical (unpaired) electrons. The fraction of sp³-hybridized carbons (Fsp3) is 0.0500. The maximum atomic E-state index is 4.23. The lowest BCUT2D eigenvalue weighted by Gasteiger charge is -2.09. The number of pyridine rings is 1. The summed E-state index contributed by atoms with van der Waals surface area (Å²) in [5, 5.41) is 3.40. The molecule has 2 heteroatoms. The third kappa shape index (κ3) is 3.61. The van der Waals surface area contributed by atoms with Crippen LogP contribution >= 0.6 is 0 Å². The molecule has 0 saturated carbocycles. The van der Waals surface area contributed by atoms with E-state index >= 15 is 0 Å². The van der Waals surface area contributed by atoms with Crippen LogP contribution in [0.15, 0.2) is 85.2 Å². The van der Waals surface area contributed by atoms with E-state index in [1.54, 1.807) is 6.20 Å². The Bertz CT molecular complexity index is 678. The Kier molecular flexibility index (Phi) is 4.63. The van der Waals surface area contributed by atoms with E-state index in [0.717, 1.165) is 17.8 Å². The molecule has 2 nitrogen and oxygen atoms in total. The van der Waals surface area contributed by atoms with Crippen molar-refractivity contribution in [2.45, 2.75) is 0 Å². The van der Waals surface area contributed by atoms with Gasteiger partial charge in [0.15, 0.2) is 0 Å². The third-order valence-electron chi connectivity index (χ3n) is 3.39. The zero-order chi connectivity index (χ0) is 15.0. The van der Waals surface area contributed by atoms with Crippen LogP contribution in [0.4, 0.5) is 5.69 Å². The van der Waals surface area contributed by atoms with Gasteiger partial charge in [0.1, 0.15) is 0 Å². The van der Waals surface area contributed by atoms with Crippen molar-refractivity contribution in [3.8, 4) is 0 Å². The van der Waals surface area contributed by atoms with E-state index in [0.29, 0.717) is 0 Å². The quantitative estimate of drug-likeness (QED) is 0.750. The average Bonchev–Trinajstić information content (AvgIpc) is 2.61. The molecule has 0 unspecified atom stereocenters. The van der Waals surface area contributed by atoms with Gasteiger partial charge >= 0.3 is 0 Å². The number of nitrogens with one attached hydrogen (secondary N) is 1. The van der Waals surface area contributed by atoms with Crippen molar-refractivity contribution in [1.82, 2.24) is 4.98 Å². The Balaban J connectivity index is 1.84. The fourth-order valence-corrected chi connectivity index (χ4v) is 2.32. The molecule has 22 heavy (non-hydrogen) atoms. The van der Waals surface area contributed by atoms with E-state index in [-0.39, 0.29) is 0 Å². The minimum absolute atomic E-state index is 0.753. The first-order valence-electron chi connectivity index (χ1n) is 7.29. The Labute approximate surface area is 131 Å². The summed E-state index contributed by atoms with van der Waals surface area (Å²) in [5.74, 6) is 0. The van der Waals surface area contributed by atoms with Gasteiger partial charge in [0.05, 0.1) is 0 Å². The monoisotopic (exact) mass is 285 g/mol. The maximum absolute atomic E-state index is 4.23. The van der Waals surface area contributed by atoms with Gasteiger partial charge in [0, 0.05) is 30.2 Å². The lowest BCUT2D eigenvalue weighted by molar-refractivity contribution is 1.29.